The van der Waals surface area contributed by atoms with Crippen LogP contribution in [0.25, 0.3) is 10.8 Å². The SMILES string of the molecule is CC(C)(S)CC(=O)N(CC(=O)O)c1scc2ccccc12. The highest BCUT2D eigenvalue weighted by Crippen LogP contribution is 2.35. The number of benzene rings is 1. The monoisotopic (exact) mass is 323 g/mol. The van der Waals surface area contributed by atoms with Gasteiger partial charge in [0, 0.05) is 21.9 Å². The molecule has 1 aromatic carbocycles. The molecule has 0 radical (unpaired) electrons. The summed E-state index contributed by atoms with van der Waals surface area (Å²) in [6.07, 6.45) is 0.176. The summed E-state index contributed by atoms with van der Waals surface area (Å²) in [6, 6.07) is 7.64. The molecule has 0 atom stereocenters. The Kier molecular flexibility index (Phi) is 4.58. The van der Waals surface area contributed by atoms with Gasteiger partial charge in [-0.15, -0.1) is 11.3 Å². The fraction of sp³-hybridized carbons (Fsp3) is 0.333. The Balaban J connectivity index is 2.40. The Morgan fingerprint density at radius 2 is 2.00 bits per heavy atom. The van der Waals surface area contributed by atoms with Crippen molar-refractivity contribution >= 4 is 51.6 Å². The molecule has 1 N–H and O–H groups in total. The zero-order valence-corrected chi connectivity index (χ0v) is 13.6. The quantitative estimate of drug-likeness (QED) is 0.829. The Labute approximate surface area is 132 Å². The van der Waals surface area contributed by atoms with Gasteiger partial charge in [-0.3, -0.25) is 14.5 Å². The summed E-state index contributed by atoms with van der Waals surface area (Å²) in [6.45, 7) is 3.33. The lowest BCUT2D eigenvalue weighted by Crippen LogP contribution is -2.38. The Morgan fingerprint density at radius 3 is 2.62 bits per heavy atom. The number of thiophene rings is 1. The van der Waals surface area contributed by atoms with E-state index in [0.29, 0.717) is 5.00 Å². The van der Waals surface area contributed by atoms with E-state index in [0.717, 1.165) is 10.8 Å². The highest BCUT2D eigenvalue weighted by atomic mass is 32.1. The Hall–Kier alpha value is -1.53. The molecular weight excluding hydrogens is 306 g/mol. The van der Waals surface area contributed by atoms with Crippen LogP contribution in [-0.2, 0) is 9.59 Å². The van der Waals surface area contributed by atoms with Gasteiger partial charge in [-0.25, -0.2) is 0 Å². The smallest absolute Gasteiger partial charge is 0.323 e. The number of carbonyl (C=O) groups excluding carboxylic acids is 1. The molecule has 0 spiro atoms. The van der Waals surface area contributed by atoms with Gasteiger partial charge in [0.1, 0.15) is 11.5 Å². The molecule has 1 aromatic heterocycles. The van der Waals surface area contributed by atoms with Crippen molar-refractivity contribution in [3.05, 3.63) is 29.6 Å². The molecule has 0 aliphatic heterocycles. The van der Waals surface area contributed by atoms with E-state index < -0.39 is 10.7 Å². The van der Waals surface area contributed by atoms with Gasteiger partial charge in [-0.1, -0.05) is 38.1 Å². The molecule has 2 rings (SSSR count). The average molecular weight is 323 g/mol. The van der Waals surface area contributed by atoms with Crippen LogP contribution in [-0.4, -0.2) is 28.3 Å². The Bertz CT molecular complexity index is 673. The zero-order chi connectivity index (χ0) is 15.6. The van der Waals surface area contributed by atoms with E-state index in [1.165, 1.54) is 16.2 Å². The van der Waals surface area contributed by atoms with Crippen molar-refractivity contribution < 1.29 is 14.7 Å². The minimum Gasteiger partial charge on any atom is -0.480 e. The second-order valence-corrected chi connectivity index (χ2v) is 7.56. The van der Waals surface area contributed by atoms with Crippen molar-refractivity contribution in [1.29, 1.82) is 0 Å². The second kappa shape index (κ2) is 6.07. The van der Waals surface area contributed by atoms with Gasteiger partial charge >= 0.3 is 5.97 Å². The molecule has 0 unspecified atom stereocenters. The van der Waals surface area contributed by atoms with Gasteiger partial charge in [0.2, 0.25) is 5.91 Å². The molecule has 6 heteroatoms. The van der Waals surface area contributed by atoms with Crippen molar-refractivity contribution in [2.24, 2.45) is 0 Å². The van der Waals surface area contributed by atoms with Crippen LogP contribution in [0.5, 0.6) is 0 Å². The maximum Gasteiger partial charge on any atom is 0.323 e. The largest absolute Gasteiger partial charge is 0.480 e. The van der Waals surface area contributed by atoms with Gasteiger partial charge < -0.3 is 5.11 Å². The fourth-order valence-corrected chi connectivity index (χ4v) is 3.25. The van der Waals surface area contributed by atoms with Gasteiger partial charge in [0.25, 0.3) is 0 Å². The number of fused-ring (bicyclic) bond motifs is 1. The third-order valence-corrected chi connectivity index (χ3v) is 4.11. The van der Waals surface area contributed by atoms with Gasteiger partial charge in [-0.2, -0.15) is 12.6 Å². The van der Waals surface area contributed by atoms with E-state index in [1.54, 1.807) is 0 Å². The van der Waals surface area contributed by atoms with Crippen molar-refractivity contribution in [2.75, 3.05) is 11.4 Å². The molecule has 0 aliphatic carbocycles. The zero-order valence-electron chi connectivity index (χ0n) is 11.9. The van der Waals surface area contributed by atoms with Crippen LogP contribution in [0.4, 0.5) is 5.00 Å². The summed E-state index contributed by atoms with van der Waals surface area (Å²) in [7, 11) is 0. The fourth-order valence-electron chi connectivity index (χ4n) is 2.06. The third kappa shape index (κ3) is 3.98. The van der Waals surface area contributed by atoms with E-state index in [4.69, 9.17) is 5.11 Å². The summed E-state index contributed by atoms with van der Waals surface area (Å²) in [5, 5.41) is 13.6. The molecule has 21 heavy (non-hydrogen) atoms. The molecular formula is C15H17NO3S2. The highest BCUT2D eigenvalue weighted by Gasteiger charge is 2.26. The number of rotatable bonds is 5. The lowest BCUT2D eigenvalue weighted by atomic mass is 10.1. The number of thiol groups is 1. The maximum absolute atomic E-state index is 12.5. The molecule has 112 valence electrons. The van der Waals surface area contributed by atoms with Crippen LogP contribution in [0.2, 0.25) is 0 Å². The first kappa shape index (κ1) is 15.9. The van der Waals surface area contributed by atoms with Crippen LogP contribution in [0, 0.1) is 0 Å². The van der Waals surface area contributed by atoms with Gasteiger partial charge in [0.15, 0.2) is 0 Å². The van der Waals surface area contributed by atoms with E-state index in [1.807, 2.05) is 43.5 Å². The highest BCUT2D eigenvalue weighted by molar-refractivity contribution is 7.81. The van der Waals surface area contributed by atoms with Crippen LogP contribution in [0.3, 0.4) is 0 Å². The van der Waals surface area contributed by atoms with Crippen LogP contribution in [0.15, 0.2) is 29.6 Å². The molecule has 4 nitrogen and oxygen atoms in total. The summed E-state index contributed by atoms with van der Waals surface area (Å²) in [5.74, 6) is -1.26. The average Bonchev–Trinajstić information content (AvgIpc) is 2.77. The molecule has 0 bridgehead atoms. The number of amides is 1. The van der Waals surface area contributed by atoms with Gasteiger partial charge in [-0.05, 0) is 5.39 Å². The van der Waals surface area contributed by atoms with Crippen molar-refractivity contribution in [1.82, 2.24) is 0 Å². The molecule has 2 aromatic rings. The number of carbonyl (C=O) groups is 2. The van der Waals surface area contributed by atoms with E-state index >= 15 is 0 Å². The summed E-state index contributed by atoms with van der Waals surface area (Å²) >= 11 is 5.74. The number of hydrogen-bond acceptors (Lipinski definition) is 4. The number of carboxylic acids is 1. The first-order valence-electron chi connectivity index (χ1n) is 6.49. The van der Waals surface area contributed by atoms with Crippen molar-refractivity contribution in [3.8, 4) is 0 Å². The number of hydrogen-bond donors (Lipinski definition) is 2. The number of nitrogens with zero attached hydrogens (tertiary/aromatic N) is 1. The van der Waals surface area contributed by atoms with Crippen molar-refractivity contribution in [2.45, 2.75) is 25.0 Å². The molecule has 0 saturated heterocycles. The maximum atomic E-state index is 12.5. The number of carboxylic acid groups (broad SMARTS) is 1. The van der Waals surface area contributed by atoms with Crippen molar-refractivity contribution in [3.63, 3.8) is 0 Å². The van der Waals surface area contributed by atoms with Crippen LogP contribution >= 0.6 is 24.0 Å². The predicted octanol–water partition coefficient (Wildman–Crippen LogP) is 3.42. The molecule has 0 fully saturated rings. The van der Waals surface area contributed by atoms with Gasteiger partial charge in [0.05, 0.1) is 0 Å². The number of aliphatic carboxylic acids is 1. The van der Waals surface area contributed by atoms with E-state index in [9.17, 15) is 9.59 Å². The van der Waals surface area contributed by atoms with E-state index in [-0.39, 0.29) is 18.9 Å². The molecule has 0 saturated carbocycles. The Morgan fingerprint density at radius 1 is 1.33 bits per heavy atom. The first-order chi connectivity index (χ1) is 9.78. The molecule has 0 aliphatic rings. The lowest BCUT2D eigenvalue weighted by molar-refractivity contribution is -0.136. The topological polar surface area (TPSA) is 57.6 Å². The molecule has 1 amide bonds. The van der Waals surface area contributed by atoms with Crippen LogP contribution in [0.1, 0.15) is 20.3 Å². The predicted molar refractivity (Wildman–Crippen MR) is 89.5 cm³/mol. The summed E-state index contributed by atoms with van der Waals surface area (Å²) in [5.41, 5.74) is 0. The lowest BCUT2D eigenvalue weighted by Gasteiger charge is -2.24. The standard InChI is InChI=1S/C15H17NO3S2/c1-15(2,20)7-12(17)16(8-13(18)19)14-11-6-4-3-5-10(11)9-21-14/h3-6,9,20H,7-8H2,1-2H3,(H,18,19). The van der Waals surface area contributed by atoms with E-state index in [2.05, 4.69) is 12.6 Å². The minimum absolute atomic E-state index is 0.176. The number of anilines is 1. The summed E-state index contributed by atoms with van der Waals surface area (Å²) in [4.78, 5) is 24.9. The normalized spacial score (nSPS) is 11.6. The minimum atomic E-state index is -1.03. The second-order valence-electron chi connectivity index (χ2n) is 5.49. The summed E-state index contributed by atoms with van der Waals surface area (Å²) < 4.78 is -0.485. The molecule has 1 heterocycles. The van der Waals surface area contributed by atoms with Crippen LogP contribution < -0.4 is 4.90 Å². The first-order valence-corrected chi connectivity index (χ1v) is 7.81. The third-order valence-electron chi connectivity index (χ3n) is 2.91.